The summed E-state index contributed by atoms with van der Waals surface area (Å²) >= 11 is 0. The Morgan fingerprint density at radius 3 is 2.57 bits per heavy atom. The molecule has 35 heavy (non-hydrogen) atoms. The van der Waals surface area contributed by atoms with Crippen molar-refractivity contribution in [2.24, 2.45) is 5.73 Å². The third kappa shape index (κ3) is 5.64. The van der Waals surface area contributed by atoms with E-state index in [0.717, 1.165) is 17.7 Å². The standard InChI is InChI=1S/C26H23F2N3O4/c1-33-21-10-8-17(11-22(21)34-15-16-5-3-2-4-6-16)26-31-24(23(13-29)35-26)25(32)30-14-18-7-9-19(27)12-20(18)28/h2-12H,13-15,29H2,1H3,(H,30,32). The van der Waals surface area contributed by atoms with E-state index in [1.807, 2.05) is 30.3 Å². The van der Waals surface area contributed by atoms with E-state index in [2.05, 4.69) is 10.3 Å². The molecular formula is C26H23F2N3O4. The van der Waals surface area contributed by atoms with Crippen molar-refractivity contribution < 1.29 is 27.5 Å². The van der Waals surface area contributed by atoms with Crippen LogP contribution in [0.5, 0.6) is 11.5 Å². The lowest BCUT2D eigenvalue weighted by molar-refractivity contribution is 0.0944. The lowest BCUT2D eigenvalue weighted by Crippen LogP contribution is -2.25. The third-order valence-electron chi connectivity index (χ3n) is 5.20. The summed E-state index contributed by atoms with van der Waals surface area (Å²) in [6, 6.07) is 17.9. The topological polar surface area (TPSA) is 99.6 Å². The number of nitrogens with two attached hydrogens (primary N) is 1. The number of ether oxygens (including phenoxy) is 2. The molecule has 0 aliphatic carbocycles. The minimum atomic E-state index is -0.758. The Morgan fingerprint density at radius 1 is 1.06 bits per heavy atom. The second kappa shape index (κ2) is 10.8. The van der Waals surface area contributed by atoms with Crippen molar-refractivity contribution in [3.05, 3.63) is 101 Å². The summed E-state index contributed by atoms with van der Waals surface area (Å²) in [5, 5.41) is 2.56. The second-order valence-corrected chi connectivity index (χ2v) is 7.55. The quantitative estimate of drug-likeness (QED) is 0.364. The highest BCUT2D eigenvalue weighted by Crippen LogP contribution is 2.33. The van der Waals surface area contributed by atoms with Crippen LogP contribution >= 0.6 is 0 Å². The van der Waals surface area contributed by atoms with Gasteiger partial charge in [-0.15, -0.1) is 0 Å². The first-order valence-corrected chi connectivity index (χ1v) is 10.8. The maximum absolute atomic E-state index is 13.9. The number of oxazole rings is 1. The van der Waals surface area contributed by atoms with Gasteiger partial charge in [0.05, 0.1) is 13.7 Å². The molecule has 0 bridgehead atoms. The van der Waals surface area contributed by atoms with Crippen LogP contribution < -0.4 is 20.5 Å². The van der Waals surface area contributed by atoms with Gasteiger partial charge in [0.1, 0.15) is 18.2 Å². The fourth-order valence-electron chi connectivity index (χ4n) is 3.37. The molecule has 0 saturated carbocycles. The van der Waals surface area contributed by atoms with E-state index < -0.39 is 17.5 Å². The number of benzene rings is 3. The molecular weight excluding hydrogens is 456 g/mol. The minimum absolute atomic E-state index is 0.0207. The van der Waals surface area contributed by atoms with Crippen LogP contribution in [0.4, 0.5) is 8.78 Å². The average Bonchev–Trinajstić information content (AvgIpc) is 3.32. The predicted molar refractivity (Wildman–Crippen MR) is 125 cm³/mol. The number of nitrogens with one attached hydrogen (secondary N) is 1. The summed E-state index contributed by atoms with van der Waals surface area (Å²) < 4.78 is 44.0. The molecule has 1 aromatic heterocycles. The van der Waals surface area contributed by atoms with Gasteiger partial charge in [0, 0.05) is 23.7 Å². The van der Waals surface area contributed by atoms with E-state index in [4.69, 9.17) is 19.6 Å². The number of hydrogen-bond acceptors (Lipinski definition) is 6. The molecule has 7 nitrogen and oxygen atoms in total. The Hall–Kier alpha value is -4.24. The molecule has 1 heterocycles. The molecule has 0 atom stereocenters. The van der Waals surface area contributed by atoms with E-state index in [1.165, 1.54) is 13.2 Å². The SMILES string of the molecule is COc1ccc(-c2nc(C(=O)NCc3ccc(F)cc3F)c(CN)o2)cc1OCc1ccccc1. The van der Waals surface area contributed by atoms with Crippen molar-refractivity contribution in [1.82, 2.24) is 10.3 Å². The van der Waals surface area contributed by atoms with Crippen molar-refractivity contribution in [3.8, 4) is 23.0 Å². The molecule has 0 radical (unpaired) electrons. The Morgan fingerprint density at radius 2 is 1.86 bits per heavy atom. The van der Waals surface area contributed by atoms with Gasteiger partial charge in [-0.1, -0.05) is 36.4 Å². The lowest BCUT2D eigenvalue weighted by atomic mass is 10.2. The number of aromatic nitrogens is 1. The molecule has 4 aromatic rings. The van der Waals surface area contributed by atoms with Gasteiger partial charge in [-0.2, -0.15) is 0 Å². The monoisotopic (exact) mass is 479 g/mol. The van der Waals surface area contributed by atoms with E-state index in [1.54, 1.807) is 18.2 Å². The largest absolute Gasteiger partial charge is 0.493 e. The van der Waals surface area contributed by atoms with Gasteiger partial charge in [-0.3, -0.25) is 4.79 Å². The smallest absolute Gasteiger partial charge is 0.273 e. The van der Waals surface area contributed by atoms with E-state index in [-0.39, 0.29) is 36.0 Å². The van der Waals surface area contributed by atoms with Crippen molar-refractivity contribution in [2.75, 3.05) is 7.11 Å². The lowest BCUT2D eigenvalue weighted by Gasteiger charge is -2.11. The summed E-state index contributed by atoms with van der Waals surface area (Å²) in [5.74, 6) is -0.732. The van der Waals surface area contributed by atoms with Crippen molar-refractivity contribution >= 4 is 5.91 Å². The van der Waals surface area contributed by atoms with Crippen molar-refractivity contribution in [3.63, 3.8) is 0 Å². The molecule has 4 rings (SSSR count). The maximum Gasteiger partial charge on any atom is 0.273 e. The van der Waals surface area contributed by atoms with Crippen LogP contribution in [0.2, 0.25) is 0 Å². The number of rotatable bonds is 9. The number of carbonyl (C=O) groups is 1. The van der Waals surface area contributed by atoms with Crippen LogP contribution in [0.3, 0.4) is 0 Å². The minimum Gasteiger partial charge on any atom is -0.493 e. The molecule has 9 heteroatoms. The summed E-state index contributed by atoms with van der Waals surface area (Å²) in [7, 11) is 1.54. The van der Waals surface area contributed by atoms with Crippen LogP contribution in [0, 0.1) is 11.6 Å². The first-order valence-electron chi connectivity index (χ1n) is 10.8. The number of hydrogen-bond donors (Lipinski definition) is 2. The number of nitrogens with zero attached hydrogens (tertiary/aromatic N) is 1. The molecule has 0 aliphatic rings. The highest BCUT2D eigenvalue weighted by Gasteiger charge is 2.21. The van der Waals surface area contributed by atoms with Crippen LogP contribution in [0.1, 0.15) is 27.4 Å². The summed E-state index contributed by atoms with van der Waals surface area (Å²) in [5.41, 5.74) is 7.40. The fraction of sp³-hybridized carbons (Fsp3) is 0.154. The van der Waals surface area contributed by atoms with Crippen molar-refractivity contribution in [1.29, 1.82) is 0 Å². The molecule has 0 fully saturated rings. The van der Waals surface area contributed by atoms with Gasteiger partial charge in [0.15, 0.2) is 23.0 Å². The van der Waals surface area contributed by atoms with Gasteiger partial charge < -0.3 is 24.9 Å². The third-order valence-corrected chi connectivity index (χ3v) is 5.20. The molecule has 3 aromatic carbocycles. The molecule has 180 valence electrons. The van der Waals surface area contributed by atoms with Crippen LogP contribution in [0.25, 0.3) is 11.5 Å². The summed E-state index contributed by atoms with van der Waals surface area (Å²) in [4.78, 5) is 17.0. The Kier molecular flexibility index (Phi) is 7.37. The zero-order chi connectivity index (χ0) is 24.8. The number of halogens is 2. The van der Waals surface area contributed by atoms with Crippen molar-refractivity contribution in [2.45, 2.75) is 19.7 Å². The number of amides is 1. The van der Waals surface area contributed by atoms with Crippen LogP contribution in [-0.4, -0.2) is 18.0 Å². The molecule has 0 unspecified atom stereocenters. The van der Waals surface area contributed by atoms with Gasteiger partial charge in [-0.25, -0.2) is 13.8 Å². The van der Waals surface area contributed by atoms with E-state index in [9.17, 15) is 13.6 Å². The van der Waals surface area contributed by atoms with Gasteiger partial charge in [0.25, 0.3) is 5.91 Å². The molecule has 0 spiro atoms. The summed E-state index contributed by atoms with van der Waals surface area (Å²) in [6.45, 7) is 0.0965. The highest BCUT2D eigenvalue weighted by molar-refractivity contribution is 5.93. The zero-order valence-corrected chi connectivity index (χ0v) is 18.9. The summed E-state index contributed by atoms with van der Waals surface area (Å²) in [6.07, 6.45) is 0. The molecule has 0 saturated heterocycles. The Balaban J connectivity index is 1.54. The Labute approximate surface area is 200 Å². The number of carbonyl (C=O) groups excluding carboxylic acids is 1. The molecule has 0 aliphatic heterocycles. The highest BCUT2D eigenvalue weighted by atomic mass is 19.1. The fourth-order valence-corrected chi connectivity index (χ4v) is 3.37. The molecule has 3 N–H and O–H groups in total. The zero-order valence-electron chi connectivity index (χ0n) is 18.9. The predicted octanol–water partition coefficient (Wildman–Crippen LogP) is 4.60. The van der Waals surface area contributed by atoms with Crippen LogP contribution in [-0.2, 0) is 19.7 Å². The van der Waals surface area contributed by atoms with E-state index in [0.29, 0.717) is 23.7 Å². The van der Waals surface area contributed by atoms with E-state index >= 15 is 0 Å². The second-order valence-electron chi connectivity index (χ2n) is 7.55. The average molecular weight is 479 g/mol. The van der Waals surface area contributed by atoms with Gasteiger partial charge in [0.2, 0.25) is 5.89 Å². The first kappa shape index (κ1) is 23.9. The number of methoxy groups -OCH3 is 1. The first-order chi connectivity index (χ1) is 17.0. The maximum atomic E-state index is 13.9. The van der Waals surface area contributed by atoms with Crippen LogP contribution in [0.15, 0.2) is 71.1 Å². The molecule has 1 amide bonds. The van der Waals surface area contributed by atoms with Gasteiger partial charge >= 0.3 is 0 Å². The normalized spacial score (nSPS) is 10.7. The van der Waals surface area contributed by atoms with Gasteiger partial charge in [-0.05, 0) is 29.8 Å². The Bertz CT molecular complexity index is 1330.